The summed E-state index contributed by atoms with van der Waals surface area (Å²) in [4.78, 5) is 35.7. The number of aromatic nitrogens is 2. The number of ether oxygens (including phenoxy) is 1. The Morgan fingerprint density at radius 2 is 2.32 bits per heavy atom. The van der Waals surface area contributed by atoms with E-state index in [1.165, 1.54) is 23.8 Å². The number of anilines is 1. The maximum absolute atomic E-state index is 11.8. The summed E-state index contributed by atoms with van der Waals surface area (Å²) in [6.45, 7) is 1.16. The van der Waals surface area contributed by atoms with E-state index in [9.17, 15) is 19.0 Å². The van der Waals surface area contributed by atoms with Gasteiger partial charge in [0.05, 0.1) is 19.3 Å². The largest absolute Gasteiger partial charge is 0.472 e. The highest BCUT2D eigenvalue weighted by Gasteiger charge is 2.30. The van der Waals surface area contributed by atoms with E-state index in [0.717, 1.165) is 11.8 Å². The Morgan fingerprint density at radius 1 is 1.56 bits per heavy atom. The lowest BCUT2D eigenvalue weighted by molar-refractivity contribution is -0.109. The number of carbonyl (C=O) groups excluding carboxylic acids is 1. The summed E-state index contributed by atoms with van der Waals surface area (Å²) in [6.07, 6.45) is 1.59. The number of nitrogen functional groups attached to an aromatic ring is 1. The van der Waals surface area contributed by atoms with Gasteiger partial charge in [0.25, 0.3) is 0 Å². The average Bonchev–Trinajstić information content (AvgIpc) is 2.98. The first kappa shape index (κ1) is 20.1. The molecular weight excluding hydrogens is 373 g/mol. The number of hydrogen-bond donors (Lipinski definition) is 2. The average molecular weight is 393 g/mol. The second-order valence-electron chi connectivity index (χ2n) is 5.27. The van der Waals surface area contributed by atoms with Crippen LogP contribution in [0.3, 0.4) is 0 Å². The molecule has 0 aromatic carbocycles. The van der Waals surface area contributed by atoms with Crippen LogP contribution < -0.4 is 11.4 Å². The number of hydrogen-bond acceptors (Lipinski definition) is 9. The zero-order valence-electron chi connectivity index (χ0n) is 13.6. The normalized spacial score (nSPS) is 22.6. The fourth-order valence-electron chi connectivity index (χ4n) is 2.21. The Balaban J connectivity index is 1.78. The molecule has 1 fully saturated rings. The SMILES string of the molecule is CC(=O)SCCOP(=O)(O)OCC1CCC(n2ccc(N)nc2=O)O1. The number of nitrogens with zero attached hydrogens (tertiary/aromatic N) is 2. The molecule has 1 saturated heterocycles. The zero-order chi connectivity index (χ0) is 18.4. The smallest absolute Gasteiger partial charge is 0.383 e. The van der Waals surface area contributed by atoms with Crippen LogP contribution in [-0.2, 0) is 23.1 Å². The number of phosphoric acid groups is 1. The molecule has 1 aromatic rings. The molecule has 25 heavy (non-hydrogen) atoms. The number of phosphoric ester groups is 1. The van der Waals surface area contributed by atoms with Crippen LogP contribution in [0.4, 0.5) is 5.82 Å². The summed E-state index contributed by atoms with van der Waals surface area (Å²) >= 11 is 0.992. The second kappa shape index (κ2) is 8.93. The van der Waals surface area contributed by atoms with E-state index in [-0.39, 0.29) is 29.9 Å². The predicted octanol–water partition coefficient (Wildman–Crippen LogP) is 0.916. The molecule has 10 nitrogen and oxygen atoms in total. The van der Waals surface area contributed by atoms with E-state index < -0.39 is 25.8 Å². The van der Waals surface area contributed by atoms with Gasteiger partial charge in [0, 0.05) is 18.9 Å². The number of thioether (sulfide) groups is 1. The third-order valence-corrected chi connectivity index (χ3v) is 5.08. The molecule has 2 heterocycles. The number of nitrogens with two attached hydrogens (primary N) is 1. The summed E-state index contributed by atoms with van der Waals surface area (Å²) in [5, 5.41) is -0.102. The van der Waals surface area contributed by atoms with E-state index >= 15 is 0 Å². The van der Waals surface area contributed by atoms with Crippen LogP contribution >= 0.6 is 19.6 Å². The molecule has 0 aliphatic carbocycles. The lowest BCUT2D eigenvalue weighted by Gasteiger charge is -2.17. The van der Waals surface area contributed by atoms with Crippen molar-refractivity contribution in [3.8, 4) is 0 Å². The van der Waals surface area contributed by atoms with Crippen molar-refractivity contribution in [3.63, 3.8) is 0 Å². The highest BCUT2D eigenvalue weighted by atomic mass is 32.2. The molecule has 140 valence electrons. The fraction of sp³-hybridized carbons (Fsp3) is 0.615. The van der Waals surface area contributed by atoms with Gasteiger partial charge < -0.3 is 15.4 Å². The summed E-state index contributed by atoms with van der Waals surface area (Å²) in [5.74, 6) is 0.388. The second-order valence-corrected chi connectivity index (χ2v) is 8.00. The highest BCUT2D eigenvalue weighted by molar-refractivity contribution is 8.13. The van der Waals surface area contributed by atoms with Crippen molar-refractivity contribution in [2.24, 2.45) is 0 Å². The van der Waals surface area contributed by atoms with Gasteiger partial charge in [-0.3, -0.25) is 18.4 Å². The van der Waals surface area contributed by atoms with Crippen molar-refractivity contribution in [1.82, 2.24) is 9.55 Å². The van der Waals surface area contributed by atoms with Gasteiger partial charge in [0.15, 0.2) is 5.12 Å². The van der Waals surface area contributed by atoms with Gasteiger partial charge >= 0.3 is 13.5 Å². The minimum absolute atomic E-state index is 0.0846. The Kier molecular flexibility index (Phi) is 7.17. The Morgan fingerprint density at radius 3 is 3.00 bits per heavy atom. The molecule has 3 unspecified atom stereocenters. The highest BCUT2D eigenvalue weighted by Crippen LogP contribution is 2.44. The predicted molar refractivity (Wildman–Crippen MR) is 90.9 cm³/mol. The van der Waals surface area contributed by atoms with E-state index in [1.807, 2.05) is 0 Å². The fourth-order valence-corrected chi connectivity index (χ4v) is 3.54. The van der Waals surface area contributed by atoms with Crippen molar-refractivity contribution >= 4 is 30.5 Å². The summed E-state index contributed by atoms with van der Waals surface area (Å²) in [7, 11) is -4.21. The zero-order valence-corrected chi connectivity index (χ0v) is 15.3. The third-order valence-electron chi connectivity index (χ3n) is 3.31. The van der Waals surface area contributed by atoms with Crippen molar-refractivity contribution in [3.05, 3.63) is 22.7 Å². The van der Waals surface area contributed by atoms with Gasteiger partial charge in [-0.1, -0.05) is 11.8 Å². The molecule has 0 saturated carbocycles. The topological polar surface area (TPSA) is 143 Å². The van der Waals surface area contributed by atoms with Crippen LogP contribution in [0.1, 0.15) is 26.0 Å². The van der Waals surface area contributed by atoms with Crippen LogP contribution in [0.15, 0.2) is 17.1 Å². The first-order valence-electron chi connectivity index (χ1n) is 7.52. The van der Waals surface area contributed by atoms with E-state index in [4.69, 9.17) is 19.5 Å². The lowest BCUT2D eigenvalue weighted by Crippen LogP contribution is -2.27. The lowest BCUT2D eigenvalue weighted by atomic mass is 10.2. The molecular formula is C13H20N3O7PS. The Bertz CT molecular complexity index is 713. The van der Waals surface area contributed by atoms with Crippen LogP contribution in [0.25, 0.3) is 0 Å². The molecule has 3 N–H and O–H groups in total. The van der Waals surface area contributed by atoms with E-state index in [1.54, 1.807) is 0 Å². The minimum atomic E-state index is -4.21. The van der Waals surface area contributed by atoms with Crippen molar-refractivity contribution in [1.29, 1.82) is 0 Å². The van der Waals surface area contributed by atoms with Gasteiger partial charge in [0.2, 0.25) is 0 Å². The molecule has 3 atom stereocenters. The van der Waals surface area contributed by atoms with Crippen LogP contribution in [0, 0.1) is 0 Å². The van der Waals surface area contributed by atoms with Crippen molar-refractivity contribution < 1.29 is 28.0 Å². The van der Waals surface area contributed by atoms with Crippen molar-refractivity contribution in [2.75, 3.05) is 24.7 Å². The molecule has 1 aliphatic heterocycles. The van der Waals surface area contributed by atoms with Gasteiger partial charge in [0.1, 0.15) is 12.0 Å². The van der Waals surface area contributed by atoms with E-state index in [2.05, 4.69) is 4.98 Å². The summed E-state index contributed by atoms with van der Waals surface area (Å²) in [6, 6.07) is 1.49. The number of rotatable bonds is 8. The minimum Gasteiger partial charge on any atom is -0.383 e. The molecule has 12 heteroatoms. The number of carbonyl (C=O) groups is 1. The standard InChI is InChI=1S/C13H20N3O7PS/c1-9(17)25-7-6-21-24(19,20)22-8-10-2-3-12(23-10)16-5-4-11(14)15-13(16)18/h4-5,10,12H,2-3,6-8H2,1H3,(H,19,20)(H2,14,15,18). The van der Waals surface area contributed by atoms with Crippen LogP contribution in [-0.4, -0.2) is 44.6 Å². The molecule has 1 aliphatic rings. The van der Waals surface area contributed by atoms with Gasteiger partial charge in [-0.25, -0.2) is 9.36 Å². The molecule has 0 amide bonds. The molecule has 0 radical (unpaired) electrons. The van der Waals surface area contributed by atoms with Gasteiger partial charge in [-0.15, -0.1) is 0 Å². The van der Waals surface area contributed by atoms with Crippen LogP contribution in [0.5, 0.6) is 0 Å². The van der Waals surface area contributed by atoms with Gasteiger partial charge in [-0.2, -0.15) is 4.98 Å². The van der Waals surface area contributed by atoms with Gasteiger partial charge in [-0.05, 0) is 18.9 Å². The first-order chi connectivity index (χ1) is 11.8. The molecule has 1 aromatic heterocycles. The summed E-state index contributed by atoms with van der Waals surface area (Å²) in [5.41, 5.74) is 4.91. The first-order valence-corrected chi connectivity index (χ1v) is 10.0. The Hall–Kier alpha value is -1.23. The Labute approximate surface area is 148 Å². The molecule has 0 spiro atoms. The van der Waals surface area contributed by atoms with Crippen molar-refractivity contribution in [2.45, 2.75) is 32.1 Å². The quantitative estimate of drug-likeness (QED) is 0.483. The maximum atomic E-state index is 11.8. The summed E-state index contributed by atoms with van der Waals surface area (Å²) < 4.78 is 28.4. The maximum Gasteiger partial charge on any atom is 0.472 e. The third kappa shape index (κ3) is 6.53. The molecule has 0 bridgehead atoms. The van der Waals surface area contributed by atoms with E-state index in [0.29, 0.717) is 12.8 Å². The van der Waals surface area contributed by atoms with Crippen LogP contribution in [0.2, 0.25) is 0 Å². The molecule has 2 rings (SSSR count). The monoisotopic (exact) mass is 393 g/mol.